The number of ether oxygens (including phenoxy) is 1. The number of halogens is 3. The maximum Gasteiger partial charge on any atom is 0.392 e. The highest BCUT2D eigenvalue weighted by Gasteiger charge is 2.56. The zero-order valence-corrected chi connectivity index (χ0v) is 14.1. The fourth-order valence-corrected chi connectivity index (χ4v) is 3.96. The molecule has 2 amide bonds. The number of rotatable bonds is 1. The van der Waals surface area contributed by atoms with Crippen molar-refractivity contribution in [1.29, 1.82) is 0 Å². The molecule has 5 nitrogen and oxygen atoms in total. The summed E-state index contributed by atoms with van der Waals surface area (Å²) in [7, 11) is 0. The van der Waals surface area contributed by atoms with Gasteiger partial charge in [-0.2, -0.15) is 13.2 Å². The van der Waals surface area contributed by atoms with Crippen molar-refractivity contribution in [2.24, 2.45) is 11.3 Å². The molecule has 3 rings (SSSR count). The fraction of sp³-hybridized carbons (Fsp3) is 0.647. The van der Waals surface area contributed by atoms with Gasteiger partial charge >= 0.3 is 12.2 Å². The summed E-state index contributed by atoms with van der Waals surface area (Å²) in [4.78, 5) is 18.1. The Bertz CT molecular complexity index is 630. The third-order valence-electron chi connectivity index (χ3n) is 5.25. The molecule has 0 radical (unpaired) electrons. The van der Waals surface area contributed by atoms with E-state index in [1.807, 2.05) is 6.92 Å². The minimum Gasteiger partial charge on any atom is -0.381 e. The molecule has 8 heteroatoms. The average Bonchev–Trinajstić information content (AvgIpc) is 2.54. The van der Waals surface area contributed by atoms with Crippen LogP contribution in [0.25, 0.3) is 0 Å². The van der Waals surface area contributed by atoms with Crippen LogP contribution < -0.4 is 5.32 Å². The van der Waals surface area contributed by atoms with Crippen molar-refractivity contribution < 1.29 is 22.7 Å². The van der Waals surface area contributed by atoms with Gasteiger partial charge in [0.2, 0.25) is 0 Å². The minimum absolute atomic E-state index is 0.0632. The molecular formula is C17H22F3N3O2. The molecule has 0 saturated carbocycles. The van der Waals surface area contributed by atoms with E-state index in [-0.39, 0.29) is 25.5 Å². The van der Waals surface area contributed by atoms with E-state index < -0.39 is 17.5 Å². The highest BCUT2D eigenvalue weighted by molar-refractivity contribution is 5.89. The van der Waals surface area contributed by atoms with Gasteiger partial charge in [-0.15, -0.1) is 0 Å². The molecule has 2 aliphatic rings. The Labute approximate surface area is 144 Å². The summed E-state index contributed by atoms with van der Waals surface area (Å²) in [6.45, 7) is 2.64. The second kappa shape index (κ2) is 6.82. The molecule has 0 aromatic carbocycles. The molecule has 3 heterocycles. The number of piperidine rings is 1. The molecule has 25 heavy (non-hydrogen) atoms. The molecule has 2 saturated heterocycles. The normalized spacial score (nSPS) is 23.5. The zero-order valence-electron chi connectivity index (χ0n) is 14.1. The molecular weight excluding hydrogens is 335 g/mol. The molecule has 1 atom stereocenters. The topological polar surface area (TPSA) is 54.5 Å². The van der Waals surface area contributed by atoms with Crippen LogP contribution in [0.4, 0.5) is 23.7 Å². The number of hydrogen-bond acceptors (Lipinski definition) is 3. The number of urea groups is 1. The van der Waals surface area contributed by atoms with Crippen molar-refractivity contribution in [3.05, 3.63) is 24.0 Å². The molecule has 138 valence electrons. The van der Waals surface area contributed by atoms with E-state index in [4.69, 9.17) is 4.74 Å². The van der Waals surface area contributed by atoms with E-state index in [1.54, 1.807) is 18.3 Å². The van der Waals surface area contributed by atoms with E-state index in [1.165, 1.54) is 4.90 Å². The van der Waals surface area contributed by atoms with E-state index >= 15 is 0 Å². The first kappa shape index (κ1) is 18.0. The van der Waals surface area contributed by atoms with E-state index in [0.29, 0.717) is 31.7 Å². The standard InChI is InChI=1S/C17H22F3N3O2/c1-12-10-13(2-6-21-12)22-15(24)23-7-3-14(17(18,19)20)16(11-23)4-8-25-9-5-16/h2,6,10,14H,3-5,7-9,11H2,1H3,(H,21,22,24). The van der Waals surface area contributed by atoms with E-state index in [9.17, 15) is 18.0 Å². The van der Waals surface area contributed by atoms with Crippen LogP contribution in [-0.2, 0) is 4.74 Å². The second-order valence-corrected chi connectivity index (χ2v) is 6.90. The number of anilines is 1. The van der Waals surface area contributed by atoms with Gasteiger partial charge in [-0.3, -0.25) is 4.98 Å². The first-order valence-electron chi connectivity index (χ1n) is 8.43. The SMILES string of the molecule is Cc1cc(NC(=O)N2CCC(C(F)(F)F)C3(CCOCC3)C2)ccn1. The van der Waals surface area contributed by atoms with Gasteiger partial charge in [0.25, 0.3) is 0 Å². The summed E-state index contributed by atoms with van der Waals surface area (Å²) >= 11 is 0. The van der Waals surface area contributed by atoms with Crippen molar-refractivity contribution in [3.63, 3.8) is 0 Å². The molecule has 2 aliphatic heterocycles. The van der Waals surface area contributed by atoms with E-state index in [0.717, 1.165) is 5.69 Å². The second-order valence-electron chi connectivity index (χ2n) is 6.90. The lowest BCUT2D eigenvalue weighted by molar-refractivity contribution is -0.232. The Morgan fingerprint density at radius 2 is 2.12 bits per heavy atom. The lowest BCUT2D eigenvalue weighted by Gasteiger charge is -2.50. The van der Waals surface area contributed by atoms with Crippen molar-refractivity contribution in [1.82, 2.24) is 9.88 Å². The first-order valence-corrected chi connectivity index (χ1v) is 8.43. The van der Waals surface area contributed by atoms with Gasteiger partial charge in [-0.1, -0.05) is 0 Å². The molecule has 1 unspecified atom stereocenters. The maximum absolute atomic E-state index is 13.5. The monoisotopic (exact) mass is 357 g/mol. The third-order valence-corrected chi connectivity index (χ3v) is 5.25. The van der Waals surface area contributed by atoms with Crippen LogP contribution in [0.15, 0.2) is 18.3 Å². The number of amides is 2. The lowest BCUT2D eigenvalue weighted by atomic mass is 9.66. The van der Waals surface area contributed by atoms with Gasteiger partial charge in [0.05, 0.1) is 5.92 Å². The van der Waals surface area contributed by atoms with Crippen LogP contribution in [0.5, 0.6) is 0 Å². The van der Waals surface area contributed by atoms with Crippen LogP contribution in [0.2, 0.25) is 0 Å². The predicted octanol–water partition coefficient (Wildman–Crippen LogP) is 3.60. The smallest absolute Gasteiger partial charge is 0.381 e. The Balaban J connectivity index is 1.75. The minimum atomic E-state index is -4.25. The summed E-state index contributed by atoms with van der Waals surface area (Å²) in [6.07, 6.45) is -2.07. The summed E-state index contributed by atoms with van der Waals surface area (Å²) in [5.41, 5.74) is 0.409. The van der Waals surface area contributed by atoms with Gasteiger partial charge in [-0.25, -0.2) is 4.79 Å². The highest BCUT2D eigenvalue weighted by Crippen LogP contribution is 2.50. The first-order chi connectivity index (χ1) is 11.8. The highest BCUT2D eigenvalue weighted by atomic mass is 19.4. The lowest BCUT2D eigenvalue weighted by Crippen LogP contribution is -2.57. The Kier molecular flexibility index (Phi) is 4.90. The van der Waals surface area contributed by atoms with Crippen LogP contribution in [0.1, 0.15) is 25.0 Å². The quantitative estimate of drug-likeness (QED) is 0.835. The summed E-state index contributed by atoms with van der Waals surface area (Å²) in [5, 5.41) is 2.76. The summed E-state index contributed by atoms with van der Waals surface area (Å²) in [6, 6.07) is 3.03. The van der Waals surface area contributed by atoms with Crippen LogP contribution >= 0.6 is 0 Å². The van der Waals surface area contributed by atoms with Crippen LogP contribution in [-0.4, -0.2) is 48.4 Å². The van der Waals surface area contributed by atoms with E-state index in [2.05, 4.69) is 10.3 Å². The molecule has 0 aliphatic carbocycles. The molecule has 1 aromatic rings. The number of alkyl halides is 3. The number of hydrogen-bond donors (Lipinski definition) is 1. The Hall–Kier alpha value is -1.83. The van der Waals surface area contributed by atoms with Gasteiger partial charge in [-0.05, 0) is 38.3 Å². The number of aromatic nitrogens is 1. The largest absolute Gasteiger partial charge is 0.392 e. The predicted molar refractivity (Wildman–Crippen MR) is 86.2 cm³/mol. The number of carbonyl (C=O) groups is 1. The van der Waals surface area contributed by atoms with Gasteiger partial charge in [0.1, 0.15) is 0 Å². The van der Waals surface area contributed by atoms with Crippen molar-refractivity contribution in [2.45, 2.75) is 32.4 Å². The summed E-state index contributed by atoms with van der Waals surface area (Å²) < 4.78 is 45.8. The third kappa shape index (κ3) is 3.89. The molecule has 1 aromatic heterocycles. The van der Waals surface area contributed by atoms with Crippen molar-refractivity contribution >= 4 is 11.7 Å². The number of carbonyl (C=O) groups excluding carboxylic acids is 1. The van der Waals surface area contributed by atoms with Crippen molar-refractivity contribution in [2.75, 3.05) is 31.6 Å². The number of nitrogens with zero attached hydrogens (tertiary/aromatic N) is 2. The Morgan fingerprint density at radius 1 is 1.40 bits per heavy atom. The fourth-order valence-electron chi connectivity index (χ4n) is 3.96. The Morgan fingerprint density at radius 3 is 2.76 bits per heavy atom. The van der Waals surface area contributed by atoms with Gasteiger partial charge in [0.15, 0.2) is 0 Å². The zero-order chi connectivity index (χ0) is 18.1. The average molecular weight is 357 g/mol. The number of aryl methyl sites for hydroxylation is 1. The number of likely N-dealkylation sites (tertiary alicyclic amines) is 1. The van der Waals surface area contributed by atoms with Gasteiger partial charge < -0.3 is 15.0 Å². The van der Waals surface area contributed by atoms with Gasteiger partial charge in [0, 0.05) is 49.3 Å². The number of nitrogens with one attached hydrogen (secondary N) is 1. The molecule has 1 spiro atoms. The molecule has 2 fully saturated rings. The number of pyridine rings is 1. The molecule has 0 bridgehead atoms. The van der Waals surface area contributed by atoms with Crippen LogP contribution in [0.3, 0.4) is 0 Å². The van der Waals surface area contributed by atoms with Crippen molar-refractivity contribution in [3.8, 4) is 0 Å². The summed E-state index contributed by atoms with van der Waals surface area (Å²) in [5.74, 6) is -1.38. The molecule has 1 N–H and O–H groups in total. The maximum atomic E-state index is 13.5. The van der Waals surface area contributed by atoms with Crippen LogP contribution in [0, 0.1) is 18.3 Å².